The van der Waals surface area contributed by atoms with Crippen LogP contribution in [0.1, 0.15) is 55.3 Å². The van der Waals surface area contributed by atoms with E-state index in [2.05, 4.69) is 46.7 Å². The number of benzene rings is 2. The van der Waals surface area contributed by atoms with Gasteiger partial charge in [-0.15, -0.1) is 0 Å². The molecule has 0 N–H and O–H groups in total. The molecule has 0 unspecified atom stereocenters. The molecule has 5 rings (SSSR count). The van der Waals surface area contributed by atoms with Crippen molar-refractivity contribution in [2.24, 2.45) is 0 Å². The first-order valence-electron chi connectivity index (χ1n) is 14.0. The van der Waals surface area contributed by atoms with E-state index in [0.29, 0.717) is 0 Å². The molecule has 1 saturated heterocycles. The Labute approximate surface area is 233 Å². The largest absolute Gasteiger partial charge is 0.492 e. The van der Waals surface area contributed by atoms with Crippen molar-refractivity contribution in [1.82, 2.24) is 14.8 Å². The molecule has 4 nitrogen and oxygen atoms in total. The zero-order valence-electron chi connectivity index (χ0n) is 22.6. The molecule has 1 saturated carbocycles. The summed E-state index contributed by atoms with van der Waals surface area (Å²) < 4.78 is 6.15. The highest BCUT2D eigenvalue weighted by atomic mass is 35.5. The highest BCUT2D eigenvalue weighted by Crippen LogP contribution is 2.27. The van der Waals surface area contributed by atoms with Crippen LogP contribution < -0.4 is 4.74 Å². The maximum absolute atomic E-state index is 6.15. The average Bonchev–Trinajstić information content (AvgIpc) is 3.49. The summed E-state index contributed by atoms with van der Waals surface area (Å²) in [7, 11) is 2.35. The first-order valence-corrected chi connectivity index (χ1v) is 14.3. The number of likely N-dealkylation sites (tertiary alicyclic amines) is 1. The van der Waals surface area contributed by atoms with E-state index in [1.165, 1.54) is 51.6 Å². The molecule has 0 spiro atoms. The molecule has 2 fully saturated rings. The number of rotatable bonds is 7. The van der Waals surface area contributed by atoms with Gasteiger partial charge in [0.2, 0.25) is 0 Å². The second-order valence-corrected chi connectivity index (χ2v) is 11.1. The van der Waals surface area contributed by atoms with Gasteiger partial charge in [-0.2, -0.15) is 0 Å². The maximum Gasteiger partial charge on any atom is 0.122 e. The minimum absolute atomic E-state index is 0.721. The van der Waals surface area contributed by atoms with Crippen LogP contribution in [0.15, 0.2) is 60.8 Å². The number of nitrogens with zero attached hydrogens (tertiary/aromatic N) is 3. The molecule has 0 bridgehead atoms. The Morgan fingerprint density at radius 2 is 1.63 bits per heavy atom. The summed E-state index contributed by atoms with van der Waals surface area (Å²) in [5.41, 5.74) is 4.96. The van der Waals surface area contributed by atoms with Gasteiger partial charge in [0.05, 0.1) is 0 Å². The van der Waals surface area contributed by atoms with Crippen LogP contribution in [-0.2, 0) is 0 Å². The zero-order valence-corrected chi connectivity index (χ0v) is 23.4. The number of hydrogen-bond acceptors (Lipinski definition) is 4. The predicted molar refractivity (Wildman–Crippen MR) is 157 cm³/mol. The lowest BCUT2D eigenvalue weighted by Gasteiger charge is -2.39. The standard InChI is InChI=1S/C33H38ClN3O/c1-25-23-26(7-14-30-15-11-28(24-35-30)27-9-12-29(34)13-10-27)8-16-33(25)38-22-21-37-19-17-32(18-20-37)36(2)31-5-3-4-6-31/h8-13,15-16,23-24,31-32H,3-6,17-22H2,1-2H3. The van der Waals surface area contributed by atoms with E-state index in [1.54, 1.807) is 0 Å². The Balaban J connectivity index is 1.08. The number of hydrogen-bond donors (Lipinski definition) is 0. The fourth-order valence-corrected chi connectivity index (χ4v) is 5.88. The SMILES string of the molecule is Cc1cc(C#Cc2ccc(-c3ccc(Cl)cc3)cn2)ccc1OCCN1CCC(N(C)C2CCCC2)CC1. The predicted octanol–water partition coefficient (Wildman–Crippen LogP) is 6.83. The van der Waals surface area contributed by atoms with Gasteiger partial charge in [-0.3, -0.25) is 4.90 Å². The van der Waals surface area contributed by atoms with Crippen molar-refractivity contribution in [3.8, 4) is 28.7 Å². The van der Waals surface area contributed by atoms with Gasteiger partial charge < -0.3 is 9.64 Å². The number of pyridine rings is 1. The number of aryl methyl sites for hydroxylation is 1. The Hall–Kier alpha value is -2.84. The van der Waals surface area contributed by atoms with Crippen molar-refractivity contribution in [1.29, 1.82) is 0 Å². The van der Waals surface area contributed by atoms with E-state index < -0.39 is 0 Å². The minimum atomic E-state index is 0.721. The summed E-state index contributed by atoms with van der Waals surface area (Å²) in [6.45, 7) is 6.14. The monoisotopic (exact) mass is 527 g/mol. The Bertz CT molecular complexity index is 1250. The van der Waals surface area contributed by atoms with E-state index in [9.17, 15) is 0 Å². The molecular formula is C33H38ClN3O. The Morgan fingerprint density at radius 1 is 0.921 bits per heavy atom. The Kier molecular flexibility index (Phi) is 9.02. The lowest BCUT2D eigenvalue weighted by Crippen LogP contribution is -2.47. The van der Waals surface area contributed by atoms with Crippen molar-refractivity contribution >= 4 is 11.6 Å². The second kappa shape index (κ2) is 12.8. The van der Waals surface area contributed by atoms with E-state index >= 15 is 0 Å². The molecule has 1 aliphatic heterocycles. The van der Waals surface area contributed by atoms with Gasteiger partial charge >= 0.3 is 0 Å². The van der Waals surface area contributed by atoms with Crippen LogP contribution in [0.4, 0.5) is 0 Å². The fraction of sp³-hybridized carbons (Fsp3) is 0.424. The van der Waals surface area contributed by atoms with Gasteiger partial charge in [0.1, 0.15) is 18.1 Å². The summed E-state index contributed by atoms with van der Waals surface area (Å²) in [4.78, 5) is 9.75. The molecule has 0 amide bonds. The van der Waals surface area contributed by atoms with Crippen LogP contribution in [0.2, 0.25) is 5.02 Å². The summed E-state index contributed by atoms with van der Waals surface area (Å²) >= 11 is 5.99. The van der Waals surface area contributed by atoms with Crippen molar-refractivity contribution in [2.45, 2.75) is 57.5 Å². The average molecular weight is 528 g/mol. The van der Waals surface area contributed by atoms with Crippen molar-refractivity contribution in [2.75, 3.05) is 33.3 Å². The van der Waals surface area contributed by atoms with Crippen LogP contribution in [0, 0.1) is 18.8 Å². The third kappa shape index (κ3) is 6.97. The Morgan fingerprint density at radius 3 is 2.32 bits per heavy atom. The minimum Gasteiger partial charge on any atom is -0.492 e. The van der Waals surface area contributed by atoms with Crippen LogP contribution in [0.25, 0.3) is 11.1 Å². The highest BCUT2D eigenvalue weighted by molar-refractivity contribution is 6.30. The van der Waals surface area contributed by atoms with E-state index in [0.717, 1.165) is 64.0 Å². The molecule has 198 valence electrons. The maximum atomic E-state index is 6.15. The molecule has 2 aliphatic rings. The molecule has 38 heavy (non-hydrogen) atoms. The van der Waals surface area contributed by atoms with Gasteiger partial charge in [0.25, 0.3) is 0 Å². The van der Waals surface area contributed by atoms with Crippen LogP contribution >= 0.6 is 11.6 Å². The van der Waals surface area contributed by atoms with E-state index in [4.69, 9.17) is 16.3 Å². The van der Waals surface area contributed by atoms with E-state index in [1.807, 2.05) is 54.7 Å². The normalized spacial score (nSPS) is 16.9. The smallest absolute Gasteiger partial charge is 0.122 e. The zero-order chi connectivity index (χ0) is 26.3. The topological polar surface area (TPSA) is 28.6 Å². The molecule has 1 aromatic heterocycles. The highest BCUT2D eigenvalue weighted by Gasteiger charge is 2.28. The van der Waals surface area contributed by atoms with Crippen molar-refractivity contribution < 1.29 is 4.74 Å². The summed E-state index contributed by atoms with van der Waals surface area (Å²) in [6.07, 6.45) is 10.0. The van der Waals surface area contributed by atoms with Gasteiger partial charge in [-0.1, -0.05) is 48.6 Å². The quantitative estimate of drug-likeness (QED) is 0.315. The number of piperidine rings is 1. The molecule has 5 heteroatoms. The molecule has 0 atom stereocenters. The van der Waals surface area contributed by atoms with Gasteiger partial charge in [-0.25, -0.2) is 4.98 Å². The first-order chi connectivity index (χ1) is 18.5. The number of halogens is 1. The summed E-state index contributed by atoms with van der Waals surface area (Å²) in [5.74, 6) is 7.36. The first kappa shape index (κ1) is 26.8. The van der Waals surface area contributed by atoms with Crippen molar-refractivity contribution in [3.05, 3.63) is 82.6 Å². The molecule has 2 heterocycles. The third-order valence-corrected chi connectivity index (χ3v) is 8.40. The lowest BCUT2D eigenvalue weighted by molar-refractivity contribution is 0.0901. The molecule has 2 aromatic carbocycles. The number of aromatic nitrogens is 1. The van der Waals surface area contributed by atoms with Crippen LogP contribution in [0.3, 0.4) is 0 Å². The fourth-order valence-electron chi connectivity index (χ4n) is 5.75. The van der Waals surface area contributed by atoms with Gasteiger partial charge in [0.15, 0.2) is 0 Å². The second-order valence-electron chi connectivity index (χ2n) is 10.7. The molecule has 3 aromatic rings. The molecule has 1 aliphatic carbocycles. The number of ether oxygens (including phenoxy) is 1. The van der Waals surface area contributed by atoms with Crippen LogP contribution in [0.5, 0.6) is 5.75 Å². The summed E-state index contributed by atoms with van der Waals surface area (Å²) in [5, 5.41) is 0.730. The lowest BCUT2D eigenvalue weighted by atomic mass is 10.0. The molecule has 0 radical (unpaired) electrons. The summed E-state index contributed by atoms with van der Waals surface area (Å²) in [6, 6.07) is 19.5. The third-order valence-electron chi connectivity index (χ3n) is 8.15. The van der Waals surface area contributed by atoms with Crippen molar-refractivity contribution in [3.63, 3.8) is 0 Å². The van der Waals surface area contributed by atoms with Gasteiger partial charge in [0, 0.05) is 41.0 Å². The van der Waals surface area contributed by atoms with Crippen LogP contribution in [-0.4, -0.2) is 60.2 Å². The van der Waals surface area contributed by atoms with E-state index in [-0.39, 0.29) is 0 Å². The van der Waals surface area contributed by atoms with Gasteiger partial charge in [-0.05, 0) is 106 Å². The molecular weight excluding hydrogens is 490 g/mol.